The highest BCUT2D eigenvalue weighted by molar-refractivity contribution is 5.93. The molecule has 1 heterocycles. The largest absolute Gasteiger partial charge is 0.467 e. The molecule has 11 heteroatoms. The normalized spacial score (nSPS) is 19.5. The Labute approximate surface area is 258 Å². The molecule has 0 aromatic heterocycles. The van der Waals surface area contributed by atoms with Crippen molar-refractivity contribution < 1.29 is 28.7 Å². The molecule has 0 aliphatic carbocycles. The Bertz CT molecular complexity index is 1280. The number of rotatable bonds is 10. The predicted molar refractivity (Wildman–Crippen MR) is 166 cm³/mol. The zero-order valence-corrected chi connectivity index (χ0v) is 25.5. The molecule has 1 aliphatic rings. The number of methoxy groups -OCH3 is 1. The molecule has 0 spiro atoms. The summed E-state index contributed by atoms with van der Waals surface area (Å²) in [5.41, 5.74) is 1.77. The van der Waals surface area contributed by atoms with E-state index >= 15 is 0 Å². The molecule has 2 aromatic carbocycles. The first-order valence-electron chi connectivity index (χ1n) is 15.0. The maximum absolute atomic E-state index is 13.7. The van der Waals surface area contributed by atoms with Crippen LogP contribution in [0.25, 0.3) is 0 Å². The quantitative estimate of drug-likeness (QED) is 0.262. The molecule has 2 aromatic rings. The van der Waals surface area contributed by atoms with E-state index in [4.69, 9.17) is 4.74 Å². The van der Waals surface area contributed by atoms with Crippen molar-refractivity contribution >= 4 is 29.7 Å². The van der Waals surface area contributed by atoms with Crippen LogP contribution < -0.4 is 26.6 Å². The van der Waals surface area contributed by atoms with Gasteiger partial charge in [-0.05, 0) is 42.7 Å². The lowest BCUT2D eigenvalue weighted by Gasteiger charge is -2.26. The van der Waals surface area contributed by atoms with E-state index in [1.165, 1.54) is 13.2 Å². The smallest absolute Gasteiger partial charge is 0.328 e. The van der Waals surface area contributed by atoms with Gasteiger partial charge in [0.1, 0.15) is 18.1 Å². The molecule has 5 amide bonds. The average Bonchev–Trinajstić information content (AvgIpc) is 3.01. The molecule has 44 heavy (non-hydrogen) atoms. The van der Waals surface area contributed by atoms with Gasteiger partial charge in [-0.15, -0.1) is 0 Å². The van der Waals surface area contributed by atoms with Crippen LogP contribution in [0.2, 0.25) is 0 Å². The summed E-state index contributed by atoms with van der Waals surface area (Å²) in [7, 11) is 1.24. The van der Waals surface area contributed by atoms with Crippen molar-refractivity contribution in [1.29, 1.82) is 0 Å². The van der Waals surface area contributed by atoms with Gasteiger partial charge in [0.05, 0.1) is 13.2 Å². The second-order valence-corrected chi connectivity index (χ2v) is 11.1. The van der Waals surface area contributed by atoms with Crippen LogP contribution in [0.15, 0.2) is 72.8 Å². The van der Waals surface area contributed by atoms with E-state index in [-0.39, 0.29) is 18.2 Å². The molecular formula is C33H43N5O6. The van der Waals surface area contributed by atoms with E-state index in [1.807, 2.05) is 60.7 Å². The first-order valence-corrected chi connectivity index (χ1v) is 15.0. The third-order valence-electron chi connectivity index (χ3n) is 7.27. The van der Waals surface area contributed by atoms with Gasteiger partial charge < -0.3 is 31.3 Å². The predicted octanol–water partition coefficient (Wildman–Crippen LogP) is 2.16. The number of amides is 5. The summed E-state index contributed by atoms with van der Waals surface area (Å²) < 4.78 is 4.81. The van der Waals surface area contributed by atoms with Gasteiger partial charge in [-0.3, -0.25) is 14.4 Å². The van der Waals surface area contributed by atoms with E-state index < -0.39 is 48.0 Å². The van der Waals surface area contributed by atoms with E-state index in [0.717, 1.165) is 11.1 Å². The SMILES string of the molecule is COC(=O)[C@@H](NC(=O)N[C@@H](Cc1ccccc1)C(=O)N[C@H]1CCCCNC(=O)/C=C\[C@H](Cc2ccccc2)NC1=O)C(C)C. The fourth-order valence-electron chi connectivity index (χ4n) is 4.83. The monoisotopic (exact) mass is 605 g/mol. The molecule has 3 rings (SSSR count). The van der Waals surface area contributed by atoms with E-state index in [0.29, 0.717) is 32.2 Å². The summed E-state index contributed by atoms with van der Waals surface area (Å²) >= 11 is 0. The number of ether oxygens (including phenoxy) is 1. The number of carbonyl (C=O) groups is 5. The molecular weight excluding hydrogens is 562 g/mol. The van der Waals surface area contributed by atoms with Gasteiger partial charge in [-0.1, -0.05) is 80.6 Å². The first-order chi connectivity index (χ1) is 21.2. The molecule has 11 nitrogen and oxygen atoms in total. The van der Waals surface area contributed by atoms with Crippen molar-refractivity contribution in [2.24, 2.45) is 5.92 Å². The Morgan fingerprint density at radius 3 is 2.23 bits per heavy atom. The van der Waals surface area contributed by atoms with Crippen LogP contribution in [0.5, 0.6) is 0 Å². The summed E-state index contributed by atoms with van der Waals surface area (Å²) in [5.74, 6) is -2.02. The fourth-order valence-corrected chi connectivity index (χ4v) is 4.83. The van der Waals surface area contributed by atoms with Gasteiger partial charge in [-0.25, -0.2) is 9.59 Å². The summed E-state index contributed by atoms with van der Waals surface area (Å²) in [6.07, 6.45) is 5.19. The molecule has 236 valence electrons. The van der Waals surface area contributed by atoms with E-state index in [2.05, 4.69) is 26.6 Å². The van der Waals surface area contributed by atoms with Gasteiger partial charge in [-0.2, -0.15) is 0 Å². The molecule has 0 unspecified atom stereocenters. The molecule has 5 N–H and O–H groups in total. The summed E-state index contributed by atoms with van der Waals surface area (Å²) in [4.78, 5) is 64.7. The van der Waals surface area contributed by atoms with Crippen LogP contribution in [-0.2, 0) is 36.8 Å². The molecule has 0 radical (unpaired) electrons. The third kappa shape index (κ3) is 11.2. The summed E-state index contributed by atoms with van der Waals surface area (Å²) in [6, 6.07) is 14.7. The maximum atomic E-state index is 13.7. The average molecular weight is 606 g/mol. The molecule has 0 fully saturated rings. The highest BCUT2D eigenvalue weighted by atomic mass is 16.5. The lowest BCUT2D eigenvalue weighted by molar-refractivity contribution is -0.144. The summed E-state index contributed by atoms with van der Waals surface area (Å²) in [6.45, 7) is 3.97. The number of carbonyl (C=O) groups excluding carboxylic acids is 5. The zero-order chi connectivity index (χ0) is 31.9. The maximum Gasteiger partial charge on any atom is 0.328 e. The minimum atomic E-state index is -1.05. The minimum Gasteiger partial charge on any atom is -0.467 e. The van der Waals surface area contributed by atoms with Crippen LogP contribution in [0.3, 0.4) is 0 Å². The lowest BCUT2D eigenvalue weighted by atomic mass is 10.0. The van der Waals surface area contributed by atoms with Gasteiger partial charge in [0.2, 0.25) is 17.7 Å². The van der Waals surface area contributed by atoms with Crippen LogP contribution in [0.1, 0.15) is 44.2 Å². The van der Waals surface area contributed by atoms with Crippen molar-refractivity contribution in [1.82, 2.24) is 26.6 Å². The van der Waals surface area contributed by atoms with Crippen molar-refractivity contribution in [3.05, 3.63) is 83.9 Å². The number of nitrogens with one attached hydrogen (secondary N) is 5. The summed E-state index contributed by atoms with van der Waals surface area (Å²) in [5, 5.41) is 14.0. The van der Waals surface area contributed by atoms with Crippen LogP contribution >= 0.6 is 0 Å². The minimum absolute atomic E-state index is 0.157. The molecule has 0 bridgehead atoms. The zero-order valence-electron chi connectivity index (χ0n) is 25.5. The van der Waals surface area contributed by atoms with Crippen LogP contribution in [0.4, 0.5) is 4.79 Å². The Morgan fingerprint density at radius 1 is 0.932 bits per heavy atom. The second kappa shape index (κ2) is 17.4. The topological polar surface area (TPSA) is 155 Å². The highest BCUT2D eigenvalue weighted by Gasteiger charge is 2.30. The molecule has 0 saturated heterocycles. The van der Waals surface area contributed by atoms with Crippen molar-refractivity contribution in [2.75, 3.05) is 13.7 Å². The fraction of sp³-hybridized carbons (Fsp3) is 0.424. The first kappa shape index (κ1) is 33.8. The Kier molecular flexibility index (Phi) is 13.4. The van der Waals surface area contributed by atoms with Crippen LogP contribution in [0, 0.1) is 5.92 Å². The van der Waals surface area contributed by atoms with Gasteiger partial charge >= 0.3 is 12.0 Å². The van der Waals surface area contributed by atoms with Gasteiger partial charge in [0, 0.05) is 19.0 Å². The number of hydrogen-bond donors (Lipinski definition) is 5. The van der Waals surface area contributed by atoms with Crippen molar-refractivity contribution in [2.45, 2.75) is 70.1 Å². The molecule has 4 atom stereocenters. The Hall–Kier alpha value is -4.67. The number of urea groups is 1. The van der Waals surface area contributed by atoms with Gasteiger partial charge in [0.15, 0.2) is 0 Å². The highest BCUT2D eigenvalue weighted by Crippen LogP contribution is 2.10. The number of esters is 1. The molecule has 0 saturated carbocycles. The number of hydrogen-bond acceptors (Lipinski definition) is 6. The second-order valence-electron chi connectivity index (χ2n) is 11.1. The molecule has 1 aliphatic heterocycles. The third-order valence-corrected chi connectivity index (χ3v) is 7.27. The van der Waals surface area contributed by atoms with Gasteiger partial charge in [0.25, 0.3) is 0 Å². The van der Waals surface area contributed by atoms with Crippen LogP contribution in [-0.4, -0.2) is 67.5 Å². The Balaban J connectivity index is 1.79. The van der Waals surface area contributed by atoms with Crippen molar-refractivity contribution in [3.63, 3.8) is 0 Å². The standard InChI is InChI=1S/C33H43N5O6/c1-22(2)29(32(42)44-3)38-33(43)37-27(21-24-14-8-5-9-15-24)31(41)36-26-16-10-11-19-34-28(39)18-17-25(35-30(26)40)20-23-12-6-4-7-13-23/h4-9,12-15,17-18,22,25-27,29H,10-11,16,19-21H2,1-3H3,(H,34,39)(H,35,40)(H,36,41)(H2,37,38,43)/b18-17-/t25-,26+,27+,29+/m1/s1. The van der Waals surface area contributed by atoms with E-state index in [9.17, 15) is 24.0 Å². The van der Waals surface area contributed by atoms with Crippen molar-refractivity contribution in [3.8, 4) is 0 Å². The lowest BCUT2D eigenvalue weighted by Crippen LogP contribution is -2.58. The Morgan fingerprint density at radius 2 is 1.59 bits per heavy atom. The number of benzene rings is 2. The van der Waals surface area contributed by atoms with E-state index in [1.54, 1.807) is 19.9 Å².